The number of aromatic nitrogens is 2. The van der Waals surface area contributed by atoms with Crippen LogP contribution in [-0.2, 0) is 0 Å². The van der Waals surface area contributed by atoms with Gasteiger partial charge in [0.2, 0.25) is 5.88 Å². The van der Waals surface area contributed by atoms with Gasteiger partial charge >= 0.3 is 0 Å². The zero-order valence-electron chi connectivity index (χ0n) is 13.5. The van der Waals surface area contributed by atoms with Crippen LogP contribution in [0.2, 0.25) is 0 Å². The van der Waals surface area contributed by atoms with E-state index in [0.717, 1.165) is 50.0 Å². The monoisotopic (exact) mass is 292 g/mol. The summed E-state index contributed by atoms with van der Waals surface area (Å²) < 4.78 is 5.61. The molecular formula is C16H28N4O. The molecule has 1 aliphatic rings. The van der Waals surface area contributed by atoms with Crippen LogP contribution in [0.3, 0.4) is 0 Å². The van der Waals surface area contributed by atoms with Gasteiger partial charge in [0.1, 0.15) is 12.1 Å². The molecule has 0 aliphatic heterocycles. The largest absolute Gasteiger partial charge is 0.478 e. The topological polar surface area (TPSA) is 64.3 Å². The Balaban J connectivity index is 2.23. The molecule has 1 fully saturated rings. The Morgan fingerprint density at radius 2 is 1.95 bits per heavy atom. The van der Waals surface area contributed by atoms with E-state index in [9.17, 15) is 0 Å². The summed E-state index contributed by atoms with van der Waals surface area (Å²) in [7, 11) is 0. The van der Waals surface area contributed by atoms with E-state index < -0.39 is 0 Å². The lowest BCUT2D eigenvalue weighted by Gasteiger charge is -2.37. The maximum absolute atomic E-state index is 6.04. The van der Waals surface area contributed by atoms with E-state index in [-0.39, 0.29) is 0 Å². The second-order valence-electron chi connectivity index (χ2n) is 5.82. The summed E-state index contributed by atoms with van der Waals surface area (Å²) in [6.45, 7) is 7.89. The van der Waals surface area contributed by atoms with Gasteiger partial charge in [-0.3, -0.25) is 0 Å². The molecule has 0 spiro atoms. The molecule has 5 heteroatoms. The van der Waals surface area contributed by atoms with Gasteiger partial charge in [-0.1, -0.05) is 6.92 Å². The normalized spacial score (nSPS) is 22.1. The maximum Gasteiger partial charge on any atom is 0.221 e. The molecule has 0 bridgehead atoms. The van der Waals surface area contributed by atoms with Gasteiger partial charge in [0.15, 0.2) is 0 Å². The van der Waals surface area contributed by atoms with Crippen LogP contribution in [0.5, 0.6) is 5.88 Å². The first kappa shape index (κ1) is 16.0. The molecule has 0 unspecified atom stereocenters. The third-order valence-corrected chi connectivity index (χ3v) is 4.21. The van der Waals surface area contributed by atoms with Crippen LogP contribution >= 0.6 is 0 Å². The molecule has 1 heterocycles. The first-order valence-corrected chi connectivity index (χ1v) is 8.13. The highest BCUT2D eigenvalue weighted by atomic mass is 16.5. The Labute approximate surface area is 127 Å². The highest BCUT2D eigenvalue weighted by Gasteiger charge is 2.26. The lowest BCUT2D eigenvalue weighted by molar-refractivity contribution is 0.322. The Bertz CT molecular complexity index is 444. The molecule has 2 rings (SSSR count). The molecular weight excluding hydrogens is 264 g/mol. The predicted molar refractivity (Wildman–Crippen MR) is 85.8 cm³/mol. The Kier molecular flexibility index (Phi) is 5.79. The molecule has 0 saturated heterocycles. The van der Waals surface area contributed by atoms with Gasteiger partial charge in [-0.25, -0.2) is 9.97 Å². The second kappa shape index (κ2) is 7.59. The van der Waals surface area contributed by atoms with E-state index in [1.165, 1.54) is 0 Å². The molecule has 1 aromatic heterocycles. The molecule has 0 amide bonds. The van der Waals surface area contributed by atoms with Crippen molar-refractivity contribution >= 4 is 5.82 Å². The van der Waals surface area contributed by atoms with E-state index in [4.69, 9.17) is 10.5 Å². The summed E-state index contributed by atoms with van der Waals surface area (Å²) in [5, 5.41) is 0. The first-order valence-electron chi connectivity index (χ1n) is 8.13. The van der Waals surface area contributed by atoms with Crippen molar-refractivity contribution in [1.29, 1.82) is 0 Å². The van der Waals surface area contributed by atoms with Crippen LogP contribution < -0.4 is 15.4 Å². The molecule has 1 saturated carbocycles. The third-order valence-electron chi connectivity index (χ3n) is 4.21. The molecule has 1 aliphatic carbocycles. The van der Waals surface area contributed by atoms with Crippen LogP contribution in [0.4, 0.5) is 5.82 Å². The molecule has 5 nitrogen and oxygen atoms in total. The molecule has 118 valence electrons. The lowest BCUT2D eigenvalue weighted by atomic mass is 9.90. The van der Waals surface area contributed by atoms with Crippen molar-refractivity contribution in [1.82, 2.24) is 9.97 Å². The molecule has 0 aromatic carbocycles. The molecule has 21 heavy (non-hydrogen) atoms. The van der Waals surface area contributed by atoms with E-state index in [1.807, 2.05) is 6.92 Å². The Morgan fingerprint density at radius 3 is 2.57 bits per heavy atom. The Morgan fingerprint density at radius 1 is 1.24 bits per heavy atom. The molecule has 1 aromatic rings. The van der Waals surface area contributed by atoms with Crippen molar-refractivity contribution in [3.63, 3.8) is 0 Å². The smallest absolute Gasteiger partial charge is 0.221 e. The van der Waals surface area contributed by atoms with Crippen LogP contribution in [0.1, 0.15) is 51.5 Å². The summed E-state index contributed by atoms with van der Waals surface area (Å²) in [6.07, 6.45) is 7.23. The third kappa shape index (κ3) is 3.84. The Hall–Kier alpha value is -1.36. The minimum atomic E-state index is 0.371. The number of anilines is 1. The number of nitrogens with zero attached hydrogens (tertiary/aromatic N) is 3. The van der Waals surface area contributed by atoms with Crippen molar-refractivity contribution in [2.45, 2.75) is 65.0 Å². The number of nitrogens with two attached hydrogens (primary N) is 1. The molecule has 0 radical (unpaired) electrons. The fourth-order valence-corrected chi connectivity index (χ4v) is 3.11. The summed E-state index contributed by atoms with van der Waals surface area (Å²) in [5.41, 5.74) is 7.08. The zero-order chi connectivity index (χ0) is 15.2. The summed E-state index contributed by atoms with van der Waals surface area (Å²) in [6, 6.07) is 0.906. The minimum Gasteiger partial charge on any atom is -0.478 e. The van der Waals surface area contributed by atoms with E-state index >= 15 is 0 Å². The van der Waals surface area contributed by atoms with Crippen LogP contribution in [-0.4, -0.2) is 35.2 Å². The predicted octanol–water partition coefficient (Wildman–Crippen LogP) is 2.67. The van der Waals surface area contributed by atoms with Gasteiger partial charge in [0.05, 0.1) is 12.2 Å². The van der Waals surface area contributed by atoms with Crippen LogP contribution in [0.15, 0.2) is 6.33 Å². The van der Waals surface area contributed by atoms with E-state index in [0.29, 0.717) is 24.6 Å². The maximum atomic E-state index is 6.04. The quantitative estimate of drug-likeness (QED) is 0.873. The van der Waals surface area contributed by atoms with Gasteiger partial charge in [-0.2, -0.15) is 0 Å². The highest BCUT2D eigenvalue weighted by molar-refractivity contribution is 5.51. The molecule has 2 N–H and O–H groups in total. The van der Waals surface area contributed by atoms with Gasteiger partial charge in [-0.15, -0.1) is 0 Å². The second-order valence-corrected chi connectivity index (χ2v) is 5.82. The van der Waals surface area contributed by atoms with Crippen molar-refractivity contribution in [2.24, 2.45) is 5.73 Å². The standard InChI is InChI=1S/C16H28N4O/c1-4-10-20(14-8-6-13(17)7-9-14)15-12(3)16(21-5-2)19-11-18-15/h11,13-14H,4-10,17H2,1-3H3. The average molecular weight is 292 g/mol. The zero-order valence-corrected chi connectivity index (χ0v) is 13.5. The van der Waals surface area contributed by atoms with Gasteiger partial charge in [0.25, 0.3) is 0 Å². The summed E-state index contributed by atoms with van der Waals surface area (Å²) >= 11 is 0. The van der Waals surface area contributed by atoms with Crippen molar-refractivity contribution in [3.8, 4) is 5.88 Å². The highest BCUT2D eigenvalue weighted by Crippen LogP contribution is 2.30. The van der Waals surface area contributed by atoms with Crippen molar-refractivity contribution in [3.05, 3.63) is 11.9 Å². The van der Waals surface area contributed by atoms with Gasteiger partial charge in [0, 0.05) is 18.6 Å². The average Bonchev–Trinajstić information content (AvgIpc) is 2.49. The number of rotatable bonds is 6. The SMILES string of the molecule is CCCN(c1ncnc(OCC)c1C)C1CCC(N)CC1. The number of hydrogen-bond acceptors (Lipinski definition) is 5. The van der Waals surface area contributed by atoms with Gasteiger partial charge in [-0.05, 0) is 46.0 Å². The minimum absolute atomic E-state index is 0.371. The summed E-state index contributed by atoms with van der Waals surface area (Å²) in [5.74, 6) is 1.73. The number of hydrogen-bond donors (Lipinski definition) is 1. The van der Waals surface area contributed by atoms with E-state index in [1.54, 1.807) is 6.33 Å². The van der Waals surface area contributed by atoms with Gasteiger partial charge < -0.3 is 15.4 Å². The van der Waals surface area contributed by atoms with Crippen molar-refractivity contribution in [2.75, 3.05) is 18.1 Å². The number of ether oxygens (including phenoxy) is 1. The van der Waals surface area contributed by atoms with Crippen LogP contribution in [0.25, 0.3) is 0 Å². The van der Waals surface area contributed by atoms with Crippen LogP contribution in [0, 0.1) is 6.92 Å². The molecule has 0 atom stereocenters. The fourth-order valence-electron chi connectivity index (χ4n) is 3.11. The lowest BCUT2D eigenvalue weighted by Crippen LogP contribution is -2.42. The summed E-state index contributed by atoms with van der Waals surface area (Å²) in [4.78, 5) is 11.2. The first-order chi connectivity index (χ1) is 10.2. The van der Waals surface area contributed by atoms with E-state index in [2.05, 4.69) is 28.7 Å². The van der Waals surface area contributed by atoms with Crippen molar-refractivity contribution < 1.29 is 4.74 Å². The fraction of sp³-hybridized carbons (Fsp3) is 0.750.